The SMILES string of the molecule is CC(=O)N[C@H](CCCN=C(N)N)C(=O)N[C@H]1CC(=O)NCCCCC(C(N)=O)NC(=O)[C@H](Cc2c[nH]c3ccccc23)NC(=O)[C@H](CCCN=C(N)N)NC(=O)[C@@H](Cc2ccc(C#N)cc2)NC(=O)[C@H](CCC(N)=O)NC1=O. The Bertz CT molecular complexity index is 2730. The van der Waals surface area contributed by atoms with Gasteiger partial charge < -0.3 is 81.9 Å². The first-order valence-electron chi connectivity index (χ1n) is 25.2. The van der Waals surface area contributed by atoms with E-state index in [2.05, 4.69) is 57.5 Å². The van der Waals surface area contributed by atoms with Crippen molar-refractivity contribution in [3.63, 3.8) is 0 Å². The standard InChI is InChI=1S/C50H70N18O10/c1-27(69)62-34(11-6-20-59-49(54)55)43(73)68-39-24-41(71)58-19-5-4-10-33(42(53)72)63-47(77)38(23-30-26-61-32-9-3-2-8-31(30)32)67-44(74)35(12-7-21-60-50(56)57)64-46(76)37(22-28-13-15-29(25-51)16-14-28)66-45(75)36(65-48(39)78)17-18-40(52)70/h2-3,8-9,13-16,26,33-39,61H,4-7,10-12,17-24H2,1H3,(H2,52,70)(H2,53,72)(H,58,71)(H,62,69)(H,63,77)(H,64,76)(H,65,78)(H,66,75)(H,67,74)(H,68,73)(H4,54,55,59)(H4,56,57,60)/t33?,34-,35+,36+,37-,38+,39+/m1/s1. The third-order valence-corrected chi connectivity index (χ3v) is 12.3. The van der Waals surface area contributed by atoms with E-state index in [1.165, 1.54) is 24.3 Å². The van der Waals surface area contributed by atoms with Gasteiger partial charge >= 0.3 is 0 Å². The Morgan fingerprint density at radius 3 is 1.94 bits per heavy atom. The van der Waals surface area contributed by atoms with Crippen molar-refractivity contribution in [3.05, 3.63) is 71.4 Å². The van der Waals surface area contributed by atoms with Crippen molar-refractivity contribution in [1.29, 1.82) is 5.26 Å². The molecule has 3 aromatic rings. The van der Waals surface area contributed by atoms with Crippen LogP contribution in [0.5, 0.6) is 0 Å². The molecule has 0 aliphatic carbocycles. The molecular formula is C50H70N18O10. The molecule has 1 aromatic heterocycles. The van der Waals surface area contributed by atoms with Gasteiger partial charge in [0.15, 0.2) is 11.9 Å². The van der Waals surface area contributed by atoms with Crippen molar-refractivity contribution in [1.82, 2.24) is 47.5 Å². The van der Waals surface area contributed by atoms with Gasteiger partial charge in [0.25, 0.3) is 0 Å². The van der Waals surface area contributed by atoms with E-state index in [-0.39, 0.29) is 94.9 Å². The van der Waals surface area contributed by atoms with Crippen molar-refractivity contribution >= 4 is 81.9 Å². The molecule has 1 aliphatic rings. The molecule has 0 bridgehead atoms. The van der Waals surface area contributed by atoms with Gasteiger partial charge in [0.2, 0.25) is 59.1 Å². The second-order valence-corrected chi connectivity index (χ2v) is 18.6. The number of fused-ring (bicyclic) bond motifs is 1. The molecule has 4 rings (SSSR count). The van der Waals surface area contributed by atoms with Gasteiger partial charge in [-0.15, -0.1) is 0 Å². The fraction of sp³-hybridized carbons (Fsp3) is 0.460. The number of benzene rings is 2. The molecular weight excluding hydrogens is 1010 g/mol. The molecule has 1 saturated heterocycles. The van der Waals surface area contributed by atoms with Crippen LogP contribution >= 0.6 is 0 Å². The molecule has 2 aromatic carbocycles. The number of hydrogen-bond donors (Lipinski definition) is 15. The highest BCUT2D eigenvalue weighted by molar-refractivity contribution is 5.99. The van der Waals surface area contributed by atoms with Crippen molar-refractivity contribution in [3.8, 4) is 6.07 Å². The number of hydrogen-bond acceptors (Lipinski definition) is 13. The molecule has 1 fully saturated rings. The highest BCUT2D eigenvalue weighted by Gasteiger charge is 2.35. The monoisotopic (exact) mass is 1080 g/mol. The molecule has 78 heavy (non-hydrogen) atoms. The van der Waals surface area contributed by atoms with Crippen LogP contribution in [0.3, 0.4) is 0 Å². The van der Waals surface area contributed by atoms with Crippen molar-refractivity contribution in [2.45, 2.75) is 126 Å². The zero-order chi connectivity index (χ0) is 57.3. The summed E-state index contributed by atoms with van der Waals surface area (Å²) in [5, 5.41) is 30.9. The molecule has 7 atom stereocenters. The number of guanidine groups is 2. The summed E-state index contributed by atoms with van der Waals surface area (Å²) in [7, 11) is 0. The number of nitrogens with zero attached hydrogens (tertiary/aromatic N) is 3. The molecule has 21 N–H and O–H groups in total. The van der Waals surface area contributed by atoms with Crippen LogP contribution in [0.4, 0.5) is 0 Å². The van der Waals surface area contributed by atoms with E-state index in [1.54, 1.807) is 18.3 Å². The minimum absolute atomic E-state index is 0.00403. The molecule has 28 nitrogen and oxygen atoms in total. The maximum Gasteiger partial charge on any atom is 0.243 e. The first-order chi connectivity index (χ1) is 37.1. The Labute approximate surface area is 449 Å². The summed E-state index contributed by atoms with van der Waals surface area (Å²) >= 11 is 0. The van der Waals surface area contributed by atoms with Crippen LogP contribution in [0.2, 0.25) is 0 Å². The van der Waals surface area contributed by atoms with Crippen LogP contribution < -0.4 is 76.9 Å². The minimum atomic E-state index is -1.74. The topological polar surface area (TPSA) is 487 Å². The van der Waals surface area contributed by atoms with Crippen molar-refractivity contribution < 1.29 is 47.9 Å². The lowest BCUT2D eigenvalue weighted by molar-refractivity contribution is -0.136. The van der Waals surface area contributed by atoms with Gasteiger partial charge in [-0.25, -0.2) is 0 Å². The number of aliphatic imine (C=N–C) groups is 2. The minimum Gasteiger partial charge on any atom is -0.370 e. The van der Waals surface area contributed by atoms with E-state index in [4.69, 9.17) is 34.4 Å². The zero-order valence-electron chi connectivity index (χ0n) is 43.2. The van der Waals surface area contributed by atoms with Crippen LogP contribution in [-0.2, 0) is 60.8 Å². The predicted molar refractivity (Wildman–Crippen MR) is 285 cm³/mol. The van der Waals surface area contributed by atoms with Gasteiger partial charge in [-0.05, 0) is 80.7 Å². The molecule has 420 valence electrons. The van der Waals surface area contributed by atoms with Gasteiger partial charge in [-0.1, -0.05) is 30.3 Å². The lowest BCUT2D eigenvalue weighted by atomic mass is 10.0. The van der Waals surface area contributed by atoms with Crippen LogP contribution in [-0.4, -0.2) is 138 Å². The van der Waals surface area contributed by atoms with Gasteiger partial charge in [-0.2, -0.15) is 5.26 Å². The average Bonchev–Trinajstić information content (AvgIpc) is 3.82. The maximum atomic E-state index is 14.7. The Hall–Kier alpha value is -9.29. The van der Waals surface area contributed by atoms with Crippen LogP contribution in [0.25, 0.3) is 10.9 Å². The molecule has 0 saturated carbocycles. The summed E-state index contributed by atoms with van der Waals surface area (Å²) in [5.74, 6) is -9.28. The van der Waals surface area contributed by atoms with E-state index >= 15 is 0 Å². The number of amides is 10. The fourth-order valence-corrected chi connectivity index (χ4v) is 8.32. The quantitative estimate of drug-likeness (QED) is 0.0307. The number of rotatable bonds is 19. The van der Waals surface area contributed by atoms with E-state index < -0.39 is 121 Å². The number of nitrogens with one attached hydrogen (secondary N) is 9. The molecule has 28 heteroatoms. The Morgan fingerprint density at radius 1 is 0.718 bits per heavy atom. The molecule has 10 amide bonds. The van der Waals surface area contributed by atoms with Crippen molar-refractivity contribution in [2.75, 3.05) is 19.6 Å². The molecule has 0 radical (unpaired) electrons. The Kier molecular flexibility index (Phi) is 24.3. The Morgan fingerprint density at radius 2 is 1.31 bits per heavy atom. The summed E-state index contributed by atoms with van der Waals surface area (Å²) in [6, 6.07) is 4.85. The molecule has 2 heterocycles. The largest absolute Gasteiger partial charge is 0.370 e. The fourth-order valence-electron chi connectivity index (χ4n) is 8.32. The second kappa shape index (κ2) is 30.9. The number of nitriles is 1. The first kappa shape index (κ1) is 61.3. The predicted octanol–water partition coefficient (Wildman–Crippen LogP) is -4.21. The smallest absolute Gasteiger partial charge is 0.243 e. The van der Waals surface area contributed by atoms with Crippen molar-refractivity contribution in [2.24, 2.45) is 44.4 Å². The van der Waals surface area contributed by atoms with Crippen LogP contribution in [0.15, 0.2) is 64.7 Å². The van der Waals surface area contributed by atoms with E-state index in [1.807, 2.05) is 18.2 Å². The van der Waals surface area contributed by atoms with E-state index in [9.17, 15) is 53.2 Å². The number of carbonyl (C=O) groups excluding carboxylic acids is 10. The summed E-state index contributed by atoms with van der Waals surface area (Å²) in [5.41, 5.74) is 35.3. The van der Waals surface area contributed by atoms with Gasteiger partial charge in [0.05, 0.1) is 18.1 Å². The first-order valence-corrected chi connectivity index (χ1v) is 25.2. The molecule has 1 aliphatic heterocycles. The van der Waals surface area contributed by atoms with E-state index in [0.29, 0.717) is 11.1 Å². The molecule has 0 spiro atoms. The average molecular weight is 1080 g/mol. The van der Waals surface area contributed by atoms with Crippen LogP contribution in [0.1, 0.15) is 87.8 Å². The number of aromatic nitrogens is 1. The molecule has 1 unspecified atom stereocenters. The summed E-state index contributed by atoms with van der Waals surface area (Å²) in [6.45, 7) is 1.20. The number of para-hydroxylation sites is 1. The summed E-state index contributed by atoms with van der Waals surface area (Å²) < 4.78 is 0. The summed E-state index contributed by atoms with van der Waals surface area (Å²) in [4.78, 5) is 148. The lowest BCUT2D eigenvalue weighted by Crippen LogP contribution is -2.60. The lowest BCUT2D eigenvalue weighted by Gasteiger charge is -2.28. The number of nitrogens with two attached hydrogens (primary N) is 6. The number of carbonyl (C=O) groups is 10. The van der Waals surface area contributed by atoms with Gasteiger partial charge in [-0.3, -0.25) is 57.9 Å². The maximum absolute atomic E-state index is 14.7. The summed E-state index contributed by atoms with van der Waals surface area (Å²) in [6.07, 6.45) is 0.147. The number of aromatic amines is 1. The number of primary amides is 2. The Balaban J connectivity index is 1.81. The second-order valence-electron chi connectivity index (χ2n) is 18.6. The number of H-pyrrole nitrogens is 1. The normalized spacial score (nSPS) is 20.6. The van der Waals surface area contributed by atoms with E-state index in [0.717, 1.165) is 17.8 Å². The van der Waals surface area contributed by atoms with Crippen LogP contribution in [0, 0.1) is 11.3 Å². The third-order valence-electron chi connectivity index (χ3n) is 12.3. The van der Waals surface area contributed by atoms with Gasteiger partial charge in [0, 0.05) is 62.9 Å². The highest BCUT2D eigenvalue weighted by atomic mass is 16.2. The zero-order valence-corrected chi connectivity index (χ0v) is 43.2. The van der Waals surface area contributed by atoms with Gasteiger partial charge in [0.1, 0.15) is 42.3 Å². The highest BCUT2D eigenvalue weighted by Crippen LogP contribution is 2.20. The third kappa shape index (κ3) is 20.8.